The van der Waals surface area contributed by atoms with Crippen molar-refractivity contribution >= 4 is 34.8 Å². The summed E-state index contributed by atoms with van der Waals surface area (Å²) in [6, 6.07) is 11.0. The molecule has 0 aliphatic heterocycles. The monoisotopic (exact) mass is 414 g/mol. The van der Waals surface area contributed by atoms with E-state index in [1.54, 1.807) is 19.2 Å². The lowest BCUT2D eigenvalue weighted by atomic mass is 10.1. The summed E-state index contributed by atoms with van der Waals surface area (Å²) < 4.78 is 4.91. The molecule has 2 aromatic rings. The normalized spacial score (nSPS) is 10.1. The minimum absolute atomic E-state index is 0.0755. The number of hydrogen-bond acceptors (Lipinski definition) is 7. The summed E-state index contributed by atoms with van der Waals surface area (Å²) in [5, 5.41) is 18.7. The number of nitrogens with one attached hydrogen (secondary N) is 3. The van der Waals surface area contributed by atoms with Gasteiger partial charge in [0, 0.05) is 30.6 Å². The molecule has 0 saturated heterocycles. The first-order chi connectivity index (χ1) is 14.3. The third kappa shape index (κ3) is 6.03. The molecule has 0 aliphatic carbocycles. The van der Waals surface area contributed by atoms with Crippen LogP contribution in [0.1, 0.15) is 22.8 Å². The zero-order valence-electron chi connectivity index (χ0n) is 16.6. The van der Waals surface area contributed by atoms with Gasteiger partial charge in [-0.25, -0.2) is 4.79 Å². The summed E-state index contributed by atoms with van der Waals surface area (Å²) in [6.07, 6.45) is 0.741. The van der Waals surface area contributed by atoms with Crippen molar-refractivity contribution in [3.8, 4) is 0 Å². The van der Waals surface area contributed by atoms with E-state index in [1.165, 1.54) is 12.1 Å². The SMILES string of the molecule is CCc1ccccc1NC(=O)CNC(=O)COC(=O)c1cc([N+](=O)[O-])ccc1NC. The standard InChI is InChI=1S/C20H22N4O6/c1-3-13-6-4-5-7-16(13)23-18(25)11-22-19(26)12-30-20(27)15-10-14(24(28)29)8-9-17(15)21-2/h4-10,21H,3,11-12H2,1-2H3,(H,22,26)(H,23,25). The molecule has 0 saturated carbocycles. The van der Waals surface area contributed by atoms with Crippen LogP contribution in [-0.2, 0) is 20.7 Å². The molecular weight excluding hydrogens is 392 g/mol. The van der Waals surface area contributed by atoms with Crippen LogP contribution < -0.4 is 16.0 Å². The highest BCUT2D eigenvalue weighted by atomic mass is 16.6. The molecule has 3 N–H and O–H groups in total. The number of rotatable bonds is 9. The number of nitrogens with zero attached hydrogens (tertiary/aromatic N) is 1. The summed E-state index contributed by atoms with van der Waals surface area (Å²) in [6.45, 7) is 1.03. The minimum Gasteiger partial charge on any atom is -0.452 e. The van der Waals surface area contributed by atoms with Gasteiger partial charge in [0.05, 0.1) is 17.0 Å². The van der Waals surface area contributed by atoms with E-state index in [9.17, 15) is 24.5 Å². The van der Waals surface area contributed by atoms with Gasteiger partial charge in [-0.15, -0.1) is 0 Å². The smallest absolute Gasteiger partial charge is 0.341 e. The quantitative estimate of drug-likeness (QED) is 0.324. The first kappa shape index (κ1) is 22.3. The number of anilines is 2. The summed E-state index contributed by atoms with van der Waals surface area (Å²) in [4.78, 5) is 46.4. The zero-order chi connectivity index (χ0) is 22.1. The van der Waals surface area contributed by atoms with Crippen molar-refractivity contribution in [2.24, 2.45) is 0 Å². The van der Waals surface area contributed by atoms with Crippen LogP contribution in [0.15, 0.2) is 42.5 Å². The Morgan fingerprint density at radius 1 is 1.07 bits per heavy atom. The van der Waals surface area contributed by atoms with Crippen molar-refractivity contribution in [1.29, 1.82) is 0 Å². The molecule has 10 heteroatoms. The molecule has 0 bridgehead atoms. The van der Waals surface area contributed by atoms with Crippen molar-refractivity contribution in [2.75, 3.05) is 30.8 Å². The number of benzene rings is 2. The molecule has 2 rings (SSSR count). The van der Waals surface area contributed by atoms with Crippen molar-refractivity contribution in [3.05, 3.63) is 63.7 Å². The maximum atomic E-state index is 12.2. The topological polar surface area (TPSA) is 140 Å². The molecule has 2 amide bonds. The molecule has 0 aromatic heterocycles. The van der Waals surface area contributed by atoms with Gasteiger partial charge in [0.2, 0.25) is 5.91 Å². The zero-order valence-corrected chi connectivity index (χ0v) is 16.6. The second kappa shape index (κ2) is 10.6. The number of nitro benzene ring substituents is 1. The summed E-state index contributed by atoms with van der Waals surface area (Å²) >= 11 is 0. The van der Waals surface area contributed by atoms with Crippen LogP contribution in [0.4, 0.5) is 17.1 Å². The van der Waals surface area contributed by atoms with E-state index in [1.807, 2.05) is 19.1 Å². The highest BCUT2D eigenvalue weighted by Gasteiger charge is 2.18. The van der Waals surface area contributed by atoms with Crippen LogP contribution in [0.5, 0.6) is 0 Å². The Morgan fingerprint density at radius 3 is 2.47 bits per heavy atom. The second-order valence-corrected chi connectivity index (χ2v) is 6.15. The molecule has 0 unspecified atom stereocenters. The minimum atomic E-state index is -0.903. The average Bonchev–Trinajstić information content (AvgIpc) is 2.75. The summed E-state index contributed by atoms with van der Waals surface area (Å²) in [5.74, 6) is -2.01. The van der Waals surface area contributed by atoms with Gasteiger partial charge in [-0.2, -0.15) is 0 Å². The number of hydrogen-bond donors (Lipinski definition) is 3. The van der Waals surface area contributed by atoms with Gasteiger partial charge < -0.3 is 20.7 Å². The van der Waals surface area contributed by atoms with Crippen molar-refractivity contribution in [3.63, 3.8) is 0 Å². The molecule has 2 aromatic carbocycles. The molecule has 158 valence electrons. The fourth-order valence-corrected chi connectivity index (χ4v) is 2.62. The molecule has 30 heavy (non-hydrogen) atoms. The van der Waals surface area contributed by atoms with Crippen LogP contribution in [0.2, 0.25) is 0 Å². The largest absolute Gasteiger partial charge is 0.452 e. The third-order valence-electron chi connectivity index (χ3n) is 4.16. The molecule has 0 radical (unpaired) electrons. The van der Waals surface area contributed by atoms with Crippen LogP contribution in [0.25, 0.3) is 0 Å². The number of para-hydroxylation sites is 1. The molecule has 0 aliphatic rings. The summed E-state index contributed by atoms with van der Waals surface area (Å²) in [5.41, 5.74) is 1.59. The lowest BCUT2D eigenvalue weighted by molar-refractivity contribution is -0.384. The van der Waals surface area contributed by atoms with Crippen molar-refractivity contribution in [1.82, 2.24) is 5.32 Å². The van der Waals surface area contributed by atoms with E-state index in [2.05, 4.69) is 16.0 Å². The Morgan fingerprint density at radius 2 is 1.80 bits per heavy atom. The van der Waals surface area contributed by atoms with E-state index in [0.29, 0.717) is 11.4 Å². The van der Waals surface area contributed by atoms with E-state index in [0.717, 1.165) is 18.1 Å². The number of amides is 2. The second-order valence-electron chi connectivity index (χ2n) is 6.15. The molecule has 0 atom stereocenters. The average molecular weight is 414 g/mol. The van der Waals surface area contributed by atoms with Gasteiger partial charge in [-0.3, -0.25) is 19.7 Å². The molecular formula is C20H22N4O6. The third-order valence-corrected chi connectivity index (χ3v) is 4.16. The number of carbonyl (C=O) groups is 3. The Hall–Kier alpha value is -3.95. The summed E-state index contributed by atoms with van der Waals surface area (Å²) in [7, 11) is 1.54. The fourth-order valence-electron chi connectivity index (χ4n) is 2.62. The van der Waals surface area contributed by atoms with Crippen LogP contribution in [0, 0.1) is 10.1 Å². The highest BCUT2D eigenvalue weighted by Crippen LogP contribution is 2.22. The number of non-ortho nitro benzene ring substituents is 1. The predicted octanol–water partition coefficient (Wildman–Crippen LogP) is 2.11. The molecule has 0 spiro atoms. The first-order valence-corrected chi connectivity index (χ1v) is 9.13. The van der Waals surface area contributed by atoms with Crippen molar-refractivity contribution < 1.29 is 24.0 Å². The lowest BCUT2D eigenvalue weighted by Gasteiger charge is -2.11. The van der Waals surface area contributed by atoms with E-state index in [-0.39, 0.29) is 17.8 Å². The maximum Gasteiger partial charge on any atom is 0.341 e. The van der Waals surface area contributed by atoms with Gasteiger partial charge in [0.15, 0.2) is 6.61 Å². The fraction of sp³-hybridized carbons (Fsp3) is 0.250. The predicted molar refractivity (Wildman–Crippen MR) is 110 cm³/mol. The Balaban J connectivity index is 1.87. The van der Waals surface area contributed by atoms with E-state index in [4.69, 9.17) is 4.74 Å². The molecule has 10 nitrogen and oxygen atoms in total. The molecule has 0 fully saturated rings. The number of aryl methyl sites for hydroxylation is 1. The van der Waals surface area contributed by atoms with Crippen LogP contribution in [-0.4, -0.2) is 42.9 Å². The lowest BCUT2D eigenvalue weighted by Crippen LogP contribution is -2.35. The Bertz CT molecular complexity index is 960. The maximum absolute atomic E-state index is 12.2. The number of ether oxygens (including phenoxy) is 1. The highest BCUT2D eigenvalue weighted by molar-refractivity contribution is 5.98. The van der Waals surface area contributed by atoms with Crippen LogP contribution >= 0.6 is 0 Å². The van der Waals surface area contributed by atoms with Gasteiger partial charge in [0.1, 0.15) is 0 Å². The van der Waals surface area contributed by atoms with Gasteiger partial charge in [-0.05, 0) is 24.1 Å². The first-order valence-electron chi connectivity index (χ1n) is 9.13. The number of nitro groups is 1. The van der Waals surface area contributed by atoms with E-state index >= 15 is 0 Å². The van der Waals surface area contributed by atoms with Gasteiger partial charge in [0.25, 0.3) is 11.6 Å². The van der Waals surface area contributed by atoms with Crippen LogP contribution in [0.3, 0.4) is 0 Å². The Kier molecular flexibility index (Phi) is 7.86. The number of carbonyl (C=O) groups excluding carboxylic acids is 3. The van der Waals surface area contributed by atoms with Gasteiger partial charge >= 0.3 is 5.97 Å². The molecule has 0 heterocycles. The number of esters is 1. The van der Waals surface area contributed by atoms with Gasteiger partial charge in [-0.1, -0.05) is 25.1 Å². The van der Waals surface area contributed by atoms with E-state index < -0.39 is 29.3 Å². The van der Waals surface area contributed by atoms with Crippen molar-refractivity contribution in [2.45, 2.75) is 13.3 Å². The Labute approximate surface area is 172 Å².